The van der Waals surface area contributed by atoms with E-state index in [2.05, 4.69) is 26.1 Å². The number of carbonyl (C=O) groups is 5. The lowest BCUT2D eigenvalue weighted by molar-refractivity contribution is -0.144. The summed E-state index contributed by atoms with van der Waals surface area (Å²) in [5.74, 6) is -1.18. The molecule has 330 valence electrons. The number of carbonyl (C=O) groups excluding carboxylic acids is 5. The Morgan fingerprint density at radius 1 is 0.937 bits per heavy atom. The van der Waals surface area contributed by atoms with Gasteiger partial charge in [0.2, 0.25) is 23.6 Å². The van der Waals surface area contributed by atoms with Gasteiger partial charge in [-0.1, -0.05) is 86.6 Å². The number of fused-ring (bicyclic) bond motifs is 1. The smallest absolute Gasteiger partial charge is 0.325 e. The van der Waals surface area contributed by atoms with Gasteiger partial charge in [-0.2, -0.15) is 0 Å². The van der Waals surface area contributed by atoms with E-state index in [0.29, 0.717) is 11.4 Å². The molecule has 15 nitrogen and oxygen atoms in total. The van der Waals surface area contributed by atoms with Crippen LogP contribution in [0.5, 0.6) is 0 Å². The van der Waals surface area contributed by atoms with Crippen LogP contribution >= 0.6 is 11.3 Å². The van der Waals surface area contributed by atoms with Gasteiger partial charge in [0.1, 0.15) is 24.4 Å². The minimum Gasteiger partial charge on any atom is -0.391 e. The molecule has 63 heavy (non-hydrogen) atoms. The molecule has 0 aliphatic carbocycles. The number of β-amino-alcohol motifs (C(OH)–C–C–N with tert-alkyl or cyclic N) is 1. The van der Waals surface area contributed by atoms with Crippen molar-refractivity contribution in [3.63, 3.8) is 0 Å². The van der Waals surface area contributed by atoms with Crippen molar-refractivity contribution in [1.29, 1.82) is 0 Å². The van der Waals surface area contributed by atoms with E-state index in [-0.39, 0.29) is 45.1 Å². The number of benzene rings is 3. The zero-order valence-electron chi connectivity index (χ0n) is 36.6. The molecule has 4 atom stereocenters. The van der Waals surface area contributed by atoms with Crippen LogP contribution in [0, 0.1) is 26.2 Å². The van der Waals surface area contributed by atoms with Gasteiger partial charge in [0.15, 0.2) is 0 Å². The summed E-state index contributed by atoms with van der Waals surface area (Å²) < 4.78 is 5.44. The van der Waals surface area contributed by atoms with Gasteiger partial charge < -0.3 is 35.4 Å². The highest BCUT2D eigenvalue weighted by Gasteiger charge is 2.44. The second kappa shape index (κ2) is 18.5. The average Bonchev–Trinajstić information content (AvgIpc) is 3.97. The van der Waals surface area contributed by atoms with Crippen molar-refractivity contribution in [2.75, 3.05) is 31.6 Å². The number of nitrogens with zero attached hydrogens (tertiary/aromatic N) is 5. The molecular formula is C47H54N8O7S. The number of hydrogen-bond acceptors (Lipinski definition) is 10. The zero-order valence-corrected chi connectivity index (χ0v) is 37.4. The molecule has 0 radical (unpaired) electrons. The number of likely N-dealkylation sites (tertiary alicyclic amines) is 1. The number of rotatable bonds is 13. The molecule has 16 heteroatoms. The van der Waals surface area contributed by atoms with Crippen LogP contribution in [0.15, 0.2) is 82.8 Å². The Morgan fingerprint density at radius 2 is 1.65 bits per heavy atom. The van der Waals surface area contributed by atoms with E-state index >= 15 is 0 Å². The summed E-state index contributed by atoms with van der Waals surface area (Å²) in [6, 6.07) is 20.2. The molecule has 6 amide bonds. The van der Waals surface area contributed by atoms with Crippen molar-refractivity contribution in [3.05, 3.63) is 112 Å². The monoisotopic (exact) mass is 874 g/mol. The largest absolute Gasteiger partial charge is 0.391 e. The molecule has 7 rings (SSSR count). The Bertz CT molecular complexity index is 2480. The van der Waals surface area contributed by atoms with Crippen molar-refractivity contribution in [2.45, 2.75) is 85.2 Å². The number of nitrogens with one attached hydrogen (secondary N) is 3. The molecule has 1 fully saturated rings. The van der Waals surface area contributed by atoms with Crippen LogP contribution in [0.25, 0.3) is 21.6 Å². The Kier molecular flexibility index (Phi) is 13.1. The molecule has 2 aliphatic rings. The minimum atomic E-state index is -1.03. The molecule has 5 aromatic rings. The number of aryl methyl sites for hydroxylation is 3. The highest BCUT2D eigenvalue weighted by atomic mass is 32.1. The maximum atomic E-state index is 14.2. The fraction of sp³-hybridized carbons (Fsp3) is 0.383. The standard InChI is InChI=1S/C47H54N8O7S/c1-27-40(29(3)62-52-27)33-17-18-36-35(21-33)41(31-11-9-8-10-12-31)55(46(61)53(36)7)25-39(58)48-20-19-38(57)51-43(47(4,5)6)45(60)54-24-34(56)22-37(54)44(59)49-23-30-13-15-32(16-14-30)42-28(2)50-26-63-42/h8-18,21,26,34,37,41,43,56H,19-20,22-25H2,1-7H3,(H,48,58)(H,49,59)(H,51,57)/t34-,37+,41?,43-/m1/s1. The highest BCUT2D eigenvalue weighted by molar-refractivity contribution is 7.13. The predicted octanol–water partition coefficient (Wildman–Crippen LogP) is 5.67. The maximum absolute atomic E-state index is 14.2. The molecule has 4 heterocycles. The summed E-state index contributed by atoms with van der Waals surface area (Å²) in [6.45, 7) is 10.9. The maximum Gasteiger partial charge on any atom is 0.325 e. The van der Waals surface area contributed by atoms with Crippen LogP contribution in [-0.4, -0.2) is 99.6 Å². The number of aliphatic hydroxyl groups excluding tert-OH is 1. The van der Waals surface area contributed by atoms with Gasteiger partial charge in [-0.3, -0.25) is 24.1 Å². The van der Waals surface area contributed by atoms with E-state index in [9.17, 15) is 29.1 Å². The van der Waals surface area contributed by atoms with E-state index in [4.69, 9.17) is 4.52 Å². The van der Waals surface area contributed by atoms with Gasteiger partial charge in [0.25, 0.3) is 0 Å². The zero-order chi connectivity index (χ0) is 45.2. The molecule has 1 unspecified atom stereocenters. The van der Waals surface area contributed by atoms with Crippen LogP contribution in [0.1, 0.15) is 73.5 Å². The van der Waals surface area contributed by atoms with E-state index in [1.54, 1.807) is 23.9 Å². The van der Waals surface area contributed by atoms with E-state index in [1.165, 1.54) is 14.7 Å². The summed E-state index contributed by atoms with van der Waals surface area (Å²) in [4.78, 5) is 78.4. The number of aliphatic hydroxyl groups is 1. The topological polar surface area (TPSA) is 190 Å². The molecule has 2 aliphatic heterocycles. The third-order valence-electron chi connectivity index (χ3n) is 11.7. The van der Waals surface area contributed by atoms with Crippen LogP contribution in [-0.2, 0) is 25.7 Å². The molecule has 4 N–H and O–H groups in total. The summed E-state index contributed by atoms with van der Waals surface area (Å²) >= 11 is 1.56. The lowest BCUT2D eigenvalue weighted by Gasteiger charge is -2.41. The molecule has 0 spiro atoms. The number of anilines is 1. The Morgan fingerprint density at radius 3 is 2.30 bits per heavy atom. The average molecular weight is 875 g/mol. The Hall–Kier alpha value is -6.39. The first-order valence-electron chi connectivity index (χ1n) is 21.0. The molecule has 3 aromatic carbocycles. The summed E-state index contributed by atoms with van der Waals surface area (Å²) in [6.07, 6.45) is -1.00. The van der Waals surface area contributed by atoms with Crippen LogP contribution in [0.3, 0.4) is 0 Å². The van der Waals surface area contributed by atoms with Gasteiger partial charge in [0.05, 0.1) is 39.6 Å². The third kappa shape index (κ3) is 9.66. The lowest BCUT2D eigenvalue weighted by Crippen LogP contribution is -2.58. The lowest BCUT2D eigenvalue weighted by atomic mass is 9.85. The number of aromatic nitrogens is 2. The van der Waals surface area contributed by atoms with Crippen molar-refractivity contribution in [3.8, 4) is 21.6 Å². The number of thiazole rings is 1. The van der Waals surface area contributed by atoms with Crippen molar-refractivity contribution >= 4 is 46.7 Å². The normalized spacial score (nSPS) is 17.9. The van der Waals surface area contributed by atoms with E-state index < -0.39 is 53.3 Å². The highest BCUT2D eigenvalue weighted by Crippen LogP contribution is 2.42. The number of amides is 6. The summed E-state index contributed by atoms with van der Waals surface area (Å²) in [5, 5.41) is 23.3. The first-order valence-corrected chi connectivity index (χ1v) is 21.9. The SMILES string of the molecule is Cc1ncsc1-c1ccc(CNC(=O)[C@@H]2C[C@@H](O)CN2C(=O)[C@@H](NC(=O)CCNC(=O)CN2C(=O)N(C)c3ccc(-c4c(C)noc4C)cc3C2c2ccccc2)C(C)(C)C)cc1. The fourth-order valence-electron chi connectivity index (χ4n) is 8.40. The molecule has 0 saturated carbocycles. The van der Waals surface area contributed by atoms with Gasteiger partial charge in [0, 0.05) is 50.7 Å². The van der Waals surface area contributed by atoms with Gasteiger partial charge in [-0.05, 0) is 60.6 Å². The number of urea groups is 1. The second-order valence-corrected chi connectivity index (χ2v) is 18.2. The Balaban J connectivity index is 0.976. The van der Waals surface area contributed by atoms with Gasteiger partial charge >= 0.3 is 6.03 Å². The molecular weight excluding hydrogens is 821 g/mol. The van der Waals surface area contributed by atoms with Gasteiger partial charge in [-0.15, -0.1) is 11.3 Å². The molecule has 1 saturated heterocycles. The van der Waals surface area contributed by atoms with Crippen molar-refractivity contribution in [2.24, 2.45) is 5.41 Å². The quantitative estimate of drug-likeness (QED) is 0.116. The van der Waals surface area contributed by atoms with Crippen LogP contribution < -0.4 is 20.9 Å². The van der Waals surface area contributed by atoms with Crippen LogP contribution in [0.4, 0.5) is 10.5 Å². The molecule has 0 bridgehead atoms. The van der Waals surface area contributed by atoms with E-state index in [1.807, 2.05) is 114 Å². The minimum absolute atomic E-state index is 0.0572. The first kappa shape index (κ1) is 44.7. The van der Waals surface area contributed by atoms with Crippen LogP contribution in [0.2, 0.25) is 0 Å². The summed E-state index contributed by atoms with van der Waals surface area (Å²) in [5.41, 5.74) is 8.72. The van der Waals surface area contributed by atoms with Crippen molar-refractivity contribution < 1.29 is 33.6 Å². The van der Waals surface area contributed by atoms with E-state index in [0.717, 1.165) is 49.6 Å². The first-order chi connectivity index (χ1) is 30.0. The molecule has 2 aromatic heterocycles. The van der Waals surface area contributed by atoms with Crippen molar-refractivity contribution in [1.82, 2.24) is 35.9 Å². The summed E-state index contributed by atoms with van der Waals surface area (Å²) in [7, 11) is 1.67. The Labute approximate surface area is 370 Å². The van der Waals surface area contributed by atoms with Gasteiger partial charge in [-0.25, -0.2) is 9.78 Å². The fourth-order valence-corrected chi connectivity index (χ4v) is 9.21. The third-order valence-corrected chi connectivity index (χ3v) is 12.6. The predicted molar refractivity (Wildman–Crippen MR) is 239 cm³/mol. The second-order valence-electron chi connectivity index (χ2n) is 17.3. The number of hydrogen-bond donors (Lipinski definition) is 4.